The van der Waals surface area contributed by atoms with Crippen molar-refractivity contribution in [2.24, 2.45) is 0 Å². The van der Waals surface area contributed by atoms with Crippen molar-refractivity contribution in [3.05, 3.63) is 23.8 Å². The molecule has 2 heteroatoms. The summed E-state index contributed by atoms with van der Waals surface area (Å²) in [5.41, 5.74) is 4.09. The molecule has 0 saturated carbocycles. The van der Waals surface area contributed by atoms with Gasteiger partial charge < -0.3 is 9.80 Å². The topological polar surface area (TPSA) is 6.48 Å². The van der Waals surface area contributed by atoms with Crippen molar-refractivity contribution < 1.29 is 0 Å². The van der Waals surface area contributed by atoms with Crippen LogP contribution in [0.25, 0.3) is 0 Å². The molecule has 1 rings (SSSR count). The third kappa shape index (κ3) is 4.15. The molecule has 1 aromatic carbocycles. The van der Waals surface area contributed by atoms with Gasteiger partial charge in [0.2, 0.25) is 0 Å². The van der Waals surface area contributed by atoms with Crippen molar-refractivity contribution in [3.63, 3.8) is 0 Å². The maximum Gasteiger partial charge on any atom is 0.0402 e. The summed E-state index contributed by atoms with van der Waals surface area (Å²) in [6, 6.07) is 8.16. The van der Waals surface area contributed by atoms with Crippen LogP contribution in [0.4, 0.5) is 11.4 Å². The molecule has 0 spiro atoms. The lowest BCUT2D eigenvalue weighted by atomic mass is 10.00. The molecular weight excluding hydrogens is 256 g/mol. The van der Waals surface area contributed by atoms with Crippen LogP contribution < -0.4 is 9.80 Å². The Morgan fingerprint density at radius 1 is 0.857 bits per heavy atom. The molecular formula is C19H34N2. The van der Waals surface area contributed by atoms with Crippen LogP contribution in [0, 0.1) is 6.92 Å². The zero-order valence-corrected chi connectivity index (χ0v) is 15.1. The molecule has 0 radical (unpaired) electrons. The van der Waals surface area contributed by atoms with E-state index in [1.165, 1.54) is 42.6 Å². The lowest BCUT2D eigenvalue weighted by Gasteiger charge is -2.40. The number of rotatable bonds is 8. The van der Waals surface area contributed by atoms with E-state index in [0.29, 0.717) is 12.1 Å². The van der Waals surface area contributed by atoms with E-state index >= 15 is 0 Å². The van der Waals surface area contributed by atoms with Gasteiger partial charge in [0.1, 0.15) is 0 Å². The van der Waals surface area contributed by atoms with Crippen LogP contribution in [0.1, 0.15) is 58.9 Å². The zero-order valence-electron chi connectivity index (χ0n) is 15.1. The number of nitrogens with zero attached hydrogens (tertiary/aromatic N) is 2. The van der Waals surface area contributed by atoms with Crippen molar-refractivity contribution in [1.29, 1.82) is 0 Å². The maximum atomic E-state index is 2.69. The normalized spacial score (nSPS) is 11.3. The van der Waals surface area contributed by atoms with Crippen LogP contribution in [-0.2, 0) is 0 Å². The van der Waals surface area contributed by atoms with Gasteiger partial charge in [-0.25, -0.2) is 0 Å². The molecule has 1 aromatic rings. The van der Waals surface area contributed by atoms with E-state index in [1.807, 2.05) is 0 Å². The van der Waals surface area contributed by atoms with Crippen molar-refractivity contribution in [1.82, 2.24) is 0 Å². The van der Waals surface area contributed by atoms with Crippen molar-refractivity contribution in [2.45, 2.75) is 72.4 Å². The fourth-order valence-electron chi connectivity index (χ4n) is 3.26. The molecule has 0 bridgehead atoms. The Balaban J connectivity index is 3.25. The first kappa shape index (κ1) is 17.9. The first-order valence-electron chi connectivity index (χ1n) is 8.56. The third-order valence-electron chi connectivity index (χ3n) is 4.65. The summed E-state index contributed by atoms with van der Waals surface area (Å²) >= 11 is 0. The summed E-state index contributed by atoms with van der Waals surface area (Å²) in [6.45, 7) is 11.5. The highest BCUT2D eigenvalue weighted by Crippen LogP contribution is 2.31. The molecule has 21 heavy (non-hydrogen) atoms. The smallest absolute Gasteiger partial charge is 0.0402 e. The zero-order chi connectivity index (χ0) is 16.0. The van der Waals surface area contributed by atoms with Crippen molar-refractivity contribution in [2.75, 3.05) is 23.9 Å². The van der Waals surface area contributed by atoms with Crippen molar-refractivity contribution >= 4 is 11.4 Å². The highest BCUT2D eigenvalue weighted by Gasteiger charge is 2.23. The predicted molar refractivity (Wildman–Crippen MR) is 96.7 cm³/mol. The minimum absolute atomic E-state index is 0.638. The molecule has 0 aliphatic rings. The Morgan fingerprint density at radius 3 is 1.67 bits per heavy atom. The molecule has 0 heterocycles. The average Bonchev–Trinajstić information content (AvgIpc) is 2.48. The number of hydrogen-bond acceptors (Lipinski definition) is 2. The summed E-state index contributed by atoms with van der Waals surface area (Å²) in [4.78, 5) is 4.87. The third-order valence-corrected chi connectivity index (χ3v) is 4.65. The van der Waals surface area contributed by atoms with Gasteiger partial charge in [0.25, 0.3) is 0 Å². The number of anilines is 2. The largest absolute Gasteiger partial charge is 0.378 e. The van der Waals surface area contributed by atoms with Gasteiger partial charge in [-0.3, -0.25) is 0 Å². The van der Waals surface area contributed by atoms with Gasteiger partial charge in [-0.1, -0.05) is 27.7 Å². The first-order valence-corrected chi connectivity index (χ1v) is 8.56. The van der Waals surface area contributed by atoms with Crippen LogP contribution in [0.15, 0.2) is 18.2 Å². The minimum atomic E-state index is 0.638. The fraction of sp³-hybridized carbons (Fsp3) is 0.684. The predicted octanol–water partition coefficient (Wildman–Crippen LogP) is 5.24. The quantitative estimate of drug-likeness (QED) is 0.645. The SMILES string of the molecule is CCC(CC)N(c1ccc(N(C)C)cc1C)C(CC)CC. The van der Waals surface area contributed by atoms with Gasteiger partial charge in [-0.2, -0.15) is 0 Å². The Hall–Kier alpha value is -1.18. The van der Waals surface area contributed by atoms with Gasteiger partial charge >= 0.3 is 0 Å². The van der Waals surface area contributed by atoms with E-state index in [-0.39, 0.29) is 0 Å². The average molecular weight is 290 g/mol. The monoisotopic (exact) mass is 290 g/mol. The molecule has 120 valence electrons. The van der Waals surface area contributed by atoms with Crippen LogP contribution in [-0.4, -0.2) is 26.2 Å². The second-order valence-electron chi connectivity index (χ2n) is 6.21. The van der Waals surface area contributed by atoms with Gasteiger partial charge in [-0.05, 0) is 56.4 Å². The second kappa shape index (κ2) is 8.31. The summed E-state index contributed by atoms with van der Waals surface area (Å²) in [5.74, 6) is 0. The van der Waals surface area contributed by atoms with Gasteiger partial charge in [0, 0.05) is 37.6 Å². The van der Waals surface area contributed by atoms with E-state index in [2.05, 4.69) is 76.7 Å². The van der Waals surface area contributed by atoms with E-state index in [4.69, 9.17) is 0 Å². The van der Waals surface area contributed by atoms with E-state index < -0.39 is 0 Å². The van der Waals surface area contributed by atoms with Gasteiger partial charge in [0.05, 0.1) is 0 Å². The number of hydrogen-bond donors (Lipinski definition) is 0. The number of benzene rings is 1. The minimum Gasteiger partial charge on any atom is -0.378 e. The van der Waals surface area contributed by atoms with E-state index in [0.717, 1.165) is 0 Å². The lowest BCUT2D eigenvalue weighted by molar-refractivity contribution is 0.461. The Bertz CT molecular complexity index is 406. The first-order chi connectivity index (χ1) is 9.99. The Labute approximate surface area is 132 Å². The molecule has 0 N–H and O–H groups in total. The standard InChI is InChI=1S/C19H34N2/c1-8-16(9-2)21(17(10-3)11-4)19-13-12-18(20(6)7)14-15(19)5/h12-14,16-17H,8-11H2,1-7H3. The summed E-state index contributed by atoms with van der Waals surface area (Å²) in [6.07, 6.45) is 4.84. The molecule has 0 aliphatic heterocycles. The highest BCUT2D eigenvalue weighted by molar-refractivity contribution is 5.62. The fourth-order valence-corrected chi connectivity index (χ4v) is 3.26. The number of aryl methyl sites for hydroxylation is 1. The molecule has 0 aromatic heterocycles. The van der Waals surface area contributed by atoms with Crippen LogP contribution in [0.5, 0.6) is 0 Å². The van der Waals surface area contributed by atoms with Crippen LogP contribution in [0.3, 0.4) is 0 Å². The Morgan fingerprint density at radius 2 is 1.33 bits per heavy atom. The van der Waals surface area contributed by atoms with E-state index in [1.54, 1.807) is 0 Å². The van der Waals surface area contributed by atoms with Gasteiger partial charge in [-0.15, -0.1) is 0 Å². The molecule has 0 unspecified atom stereocenters. The van der Waals surface area contributed by atoms with E-state index in [9.17, 15) is 0 Å². The molecule has 0 saturated heterocycles. The second-order valence-corrected chi connectivity index (χ2v) is 6.21. The molecule has 0 aliphatic carbocycles. The molecule has 0 amide bonds. The molecule has 0 atom stereocenters. The van der Waals surface area contributed by atoms with Crippen LogP contribution >= 0.6 is 0 Å². The summed E-state index contributed by atoms with van der Waals surface area (Å²) in [7, 11) is 4.21. The summed E-state index contributed by atoms with van der Waals surface area (Å²) in [5, 5.41) is 0. The van der Waals surface area contributed by atoms with Crippen molar-refractivity contribution in [3.8, 4) is 0 Å². The lowest BCUT2D eigenvalue weighted by Crippen LogP contribution is -2.43. The van der Waals surface area contributed by atoms with Crippen LogP contribution in [0.2, 0.25) is 0 Å². The summed E-state index contributed by atoms with van der Waals surface area (Å²) < 4.78 is 0. The molecule has 2 nitrogen and oxygen atoms in total. The molecule has 0 fully saturated rings. The Kier molecular flexibility index (Phi) is 7.07. The maximum absolute atomic E-state index is 2.69. The highest BCUT2D eigenvalue weighted by atomic mass is 15.2. The van der Waals surface area contributed by atoms with Gasteiger partial charge in [0.15, 0.2) is 0 Å².